The number of thioether (sulfide) groups is 1. The molecule has 1 aromatic heterocycles. The van der Waals surface area contributed by atoms with Crippen LogP contribution in [-0.2, 0) is 11.3 Å². The van der Waals surface area contributed by atoms with Gasteiger partial charge in [-0.2, -0.15) is 0 Å². The Kier molecular flexibility index (Phi) is 3.04. The molecule has 1 amide bonds. The van der Waals surface area contributed by atoms with Crippen molar-refractivity contribution in [2.75, 3.05) is 12.3 Å². The summed E-state index contributed by atoms with van der Waals surface area (Å²) in [4.78, 5) is 39.2. The van der Waals surface area contributed by atoms with Gasteiger partial charge in [-0.05, 0) is 12.8 Å². The van der Waals surface area contributed by atoms with Gasteiger partial charge in [-0.1, -0.05) is 11.8 Å². The maximum Gasteiger partial charge on any atom is 0.311 e. The highest BCUT2D eigenvalue weighted by atomic mass is 32.2. The van der Waals surface area contributed by atoms with Crippen LogP contribution in [0.3, 0.4) is 0 Å². The third kappa shape index (κ3) is 2.09. The number of carbonyl (C=O) groups is 2. The molecule has 2 aliphatic rings. The zero-order valence-electron chi connectivity index (χ0n) is 10.6. The van der Waals surface area contributed by atoms with Gasteiger partial charge in [0.15, 0.2) is 5.16 Å². The molecule has 0 radical (unpaired) electrons. The van der Waals surface area contributed by atoms with Crippen LogP contribution in [-0.4, -0.2) is 38.8 Å². The molecular weight excluding hydrogens is 282 g/mol. The number of hydrogen-bond donors (Lipinski definition) is 2. The lowest BCUT2D eigenvalue weighted by Gasteiger charge is -2.11. The van der Waals surface area contributed by atoms with E-state index >= 15 is 0 Å². The first kappa shape index (κ1) is 13.2. The Bertz CT molecular complexity index is 651. The largest absolute Gasteiger partial charge is 0.481 e. The van der Waals surface area contributed by atoms with Crippen molar-refractivity contribution in [3.63, 3.8) is 0 Å². The molecule has 1 fully saturated rings. The van der Waals surface area contributed by atoms with Gasteiger partial charge in [0.1, 0.15) is 5.56 Å². The Labute approximate surface area is 118 Å². The summed E-state index contributed by atoms with van der Waals surface area (Å²) in [5, 5.41) is 12.2. The minimum absolute atomic E-state index is 0.0301. The SMILES string of the molecule is O=C(NCC1(C(=O)O)CC1)c1cnc2n(c1=O)CCS2. The predicted molar refractivity (Wildman–Crippen MR) is 70.9 cm³/mol. The van der Waals surface area contributed by atoms with Crippen molar-refractivity contribution in [1.29, 1.82) is 0 Å². The van der Waals surface area contributed by atoms with E-state index < -0.39 is 17.3 Å². The minimum Gasteiger partial charge on any atom is -0.481 e. The van der Waals surface area contributed by atoms with Crippen LogP contribution >= 0.6 is 11.8 Å². The molecule has 0 unspecified atom stereocenters. The van der Waals surface area contributed by atoms with Crippen LogP contribution in [0.2, 0.25) is 0 Å². The molecule has 0 atom stereocenters. The summed E-state index contributed by atoms with van der Waals surface area (Å²) < 4.78 is 1.48. The molecule has 2 heterocycles. The zero-order valence-corrected chi connectivity index (χ0v) is 11.4. The lowest BCUT2D eigenvalue weighted by molar-refractivity contribution is -0.143. The molecule has 1 saturated carbocycles. The Hall–Kier alpha value is -1.83. The molecule has 8 heteroatoms. The first-order valence-corrected chi connectivity index (χ1v) is 7.26. The van der Waals surface area contributed by atoms with Gasteiger partial charge in [0.25, 0.3) is 11.5 Å². The quantitative estimate of drug-likeness (QED) is 0.755. The normalized spacial score (nSPS) is 18.4. The third-order valence-electron chi connectivity index (χ3n) is 3.70. The van der Waals surface area contributed by atoms with E-state index in [2.05, 4.69) is 10.3 Å². The summed E-state index contributed by atoms with van der Waals surface area (Å²) in [6, 6.07) is 0. The Morgan fingerprint density at radius 2 is 2.25 bits per heavy atom. The molecule has 0 bridgehead atoms. The van der Waals surface area contributed by atoms with E-state index in [0.717, 1.165) is 5.75 Å². The Morgan fingerprint density at radius 1 is 1.50 bits per heavy atom. The average Bonchev–Trinajstić information content (AvgIpc) is 3.06. The van der Waals surface area contributed by atoms with Crippen LogP contribution in [0.15, 0.2) is 16.1 Å². The number of rotatable bonds is 4. The molecule has 1 aromatic rings. The van der Waals surface area contributed by atoms with Crippen molar-refractivity contribution in [3.8, 4) is 0 Å². The second kappa shape index (κ2) is 4.62. The number of nitrogens with one attached hydrogen (secondary N) is 1. The van der Waals surface area contributed by atoms with Gasteiger partial charge < -0.3 is 10.4 Å². The molecule has 20 heavy (non-hydrogen) atoms. The van der Waals surface area contributed by atoms with Crippen molar-refractivity contribution < 1.29 is 14.7 Å². The fraction of sp³-hybridized carbons (Fsp3) is 0.500. The van der Waals surface area contributed by atoms with E-state index in [4.69, 9.17) is 5.11 Å². The highest BCUT2D eigenvalue weighted by molar-refractivity contribution is 7.99. The first-order chi connectivity index (χ1) is 9.53. The van der Waals surface area contributed by atoms with Gasteiger partial charge in [-0.3, -0.25) is 19.0 Å². The molecule has 0 aromatic carbocycles. The van der Waals surface area contributed by atoms with Crippen molar-refractivity contribution in [2.45, 2.75) is 24.5 Å². The lowest BCUT2D eigenvalue weighted by Crippen LogP contribution is -2.38. The molecule has 1 aliphatic carbocycles. The fourth-order valence-electron chi connectivity index (χ4n) is 2.14. The van der Waals surface area contributed by atoms with Crippen LogP contribution in [0.5, 0.6) is 0 Å². The van der Waals surface area contributed by atoms with Crippen molar-refractivity contribution in [2.24, 2.45) is 5.41 Å². The second-order valence-electron chi connectivity index (χ2n) is 5.03. The number of nitrogens with zero attached hydrogens (tertiary/aromatic N) is 2. The average molecular weight is 295 g/mol. The number of hydrogen-bond acceptors (Lipinski definition) is 5. The smallest absolute Gasteiger partial charge is 0.311 e. The van der Waals surface area contributed by atoms with Crippen LogP contribution in [0.25, 0.3) is 0 Å². The maximum absolute atomic E-state index is 12.1. The topological polar surface area (TPSA) is 101 Å². The van der Waals surface area contributed by atoms with Gasteiger partial charge in [-0.25, -0.2) is 4.98 Å². The van der Waals surface area contributed by atoms with E-state index in [-0.39, 0.29) is 17.7 Å². The molecule has 2 N–H and O–H groups in total. The van der Waals surface area contributed by atoms with Crippen LogP contribution in [0, 0.1) is 5.41 Å². The van der Waals surface area contributed by atoms with E-state index in [1.807, 2.05) is 0 Å². The minimum atomic E-state index is -0.905. The lowest BCUT2D eigenvalue weighted by atomic mass is 10.1. The molecule has 106 valence electrons. The number of carboxylic acid groups (broad SMARTS) is 1. The number of aliphatic carboxylic acids is 1. The summed E-state index contributed by atoms with van der Waals surface area (Å²) in [5.74, 6) is -0.685. The molecule has 3 rings (SSSR count). The predicted octanol–water partition coefficient (Wildman–Crippen LogP) is -0.0564. The molecule has 0 saturated heterocycles. The summed E-state index contributed by atoms with van der Waals surface area (Å²) in [7, 11) is 0. The molecule has 7 nitrogen and oxygen atoms in total. The van der Waals surface area contributed by atoms with Crippen LogP contribution in [0.4, 0.5) is 0 Å². The maximum atomic E-state index is 12.1. The summed E-state index contributed by atoms with van der Waals surface area (Å²) in [5.41, 5.74) is -1.23. The van der Waals surface area contributed by atoms with E-state index in [9.17, 15) is 14.4 Å². The van der Waals surface area contributed by atoms with Crippen LogP contribution < -0.4 is 10.9 Å². The number of carboxylic acids is 1. The highest BCUT2D eigenvalue weighted by Gasteiger charge is 2.50. The van der Waals surface area contributed by atoms with Gasteiger partial charge in [0.2, 0.25) is 0 Å². The van der Waals surface area contributed by atoms with Gasteiger partial charge in [-0.15, -0.1) is 0 Å². The number of aromatic nitrogens is 2. The van der Waals surface area contributed by atoms with E-state index in [1.165, 1.54) is 22.5 Å². The summed E-state index contributed by atoms with van der Waals surface area (Å²) in [6.07, 6.45) is 2.38. The summed E-state index contributed by atoms with van der Waals surface area (Å²) >= 11 is 1.48. The number of carbonyl (C=O) groups excluding carboxylic acids is 1. The van der Waals surface area contributed by atoms with E-state index in [1.54, 1.807) is 0 Å². The van der Waals surface area contributed by atoms with Crippen molar-refractivity contribution in [1.82, 2.24) is 14.9 Å². The van der Waals surface area contributed by atoms with Crippen LogP contribution in [0.1, 0.15) is 23.2 Å². The molecule has 0 spiro atoms. The van der Waals surface area contributed by atoms with Gasteiger partial charge in [0, 0.05) is 25.0 Å². The fourth-order valence-corrected chi connectivity index (χ4v) is 3.05. The molecule has 1 aliphatic heterocycles. The van der Waals surface area contributed by atoms with Crippen molar-refractivity contribution in [3.05, 3.63) is 22.1 Å². The second-order valence-corrected chi connectivity index (χ2v) is 6.09. The van der Waals surface area contributed by atoms with E-state index in [0.29, 0.717) is 24.5 Å². The Morgan fingerprint density at radius 3 is 2.90 bits per heavy atom. The van der Waals surface area contributed by atoms with Gasteiger partial charge in [0.05, 0.1) is 5.41 Å². The number of fused-ring (bicyclic) bond motifs is 1. The molecular formula is C12H13N3O4S. The van der Waals surface area contributed by atoms with Crippen molar-refractivity contribution >= 4 is 23.6 Å². The Balaban J connectivity index is 1.75. The summed E-state index contributed by atoms with van der Waals surface area (Å²) in [6.45, 7) is 0.600. The van der Waals surface area contributed by atoms with Gasteiger partial charge >= 0.3 is 5.97 Å². The first-order valence-electron chi connectivity index (χ1n) is 6.28. The standard InChI is InChI=1S/C12H13N3O4S/c16-8(14-6-12(1-2-12)10(18)19)7-5-13-11-15(9(7)17)3-4-20-11/h5H,1-4,6H2,(H,14,16)(H,18,19). The monoisotopic (exact) mass is 295 g/mol. The highest BCUT2D eigenvalue weighted by Crippen LogP contribution is 2.45. The zero-order chi connectivity index (χ0) is 14.3. The number of amides is 1. The third-order valence-corrected chi connectivity index (χ3v) is 4.67.